The number of nitrogens with zero attached hydrogens (tertiary/aromatic N) is 2. The highest BCUT2D eigenvalue weighted by Gasteiger charge is 2.54. The van der Waals surface area contributed by atoms with E-state index in [0.29, 0.717) is 0 Å². The third kappa shape index (κ3) is 5.13. The monoisotopic (exact) mass is 768 g/mol. The van der Waals surface area contributed by atoms with Gasteiger partial charge in [-0.25, -0.2) is 9.97 Å². The molecule has 0 radical (unpaired) electrons. The Hall–Kier alpha value is -6.90. The summed E-state index contributed by atoms with van der Waals surface area (Å²) < 4.78 is 0. The van der Waals surface area contributed by atoms with Crippen LogP contribution in [-0.2, 0) is 10.8 Å². The lowest BCUT2D eigenvalue weighted by Gasteiger charge is -2.48. The number of allylic oxidation sites excluding steroid dienone is 8. The summed E-state index contributed by atoms with van der Waals surface area (Å²) in [5, 5.41) is 5.04. The van der Waals surface area contributed by atoms with E-state index >= 15 is 0 Å². The summed E-state index contributed by atoms with van der Waals surface area (Å²) in [4.78, 5) is 10.7. The van der Waals surface area contributed by atoms with E-state index in [1.165, 1.54) is 77.2 Å². The minimum atomic E-state index is -0.477. The Morgan fingerprint density at radius 2 is 1.18 bits per heavy atom. The maximum atomic E-state index is 5.46. The van der Waals surface area contributed by atoms with Crippen LogP contribution in [0.15, 0.2) is 193 Å². The molecule has 8 aromatic rings. The van der Waals surface area contributed by atoms with Gasteiger partial charge in [-0.1, -0.05) is 171 Å². The lowest BCUT2D eigenvalue weighted by Crippen LogP contribution is -2.41. The molecule has 2 nitrogen and oxygen atoms in total. The second kappa shape index (κ2) is 13.3. The van der Waals surface area contributed by atoms with Crippen molar-refractivity contribution in [1.82, 2.24) is 9.97 Å². The van der Waals surface area contributed by atoms with E-state index in [1.54, 1.807) is 5.57 Å². The van der Waals surface area contributed by atoms with Crippen LogP contribution in [-0.4, -0.2) is 9.97 Å². The lowest BCUT2D eigenvalue weighted by atomic mass is 9.54. The fourth-order valence-electron chi connectivity index (χ4n) is 11.1. The van der Waals surface area contributed by atoms with Crippen LogP contribution in [0.4, 0.5) is 0 Å². The molecule has 1 unspecified atom stereocenters. The van der Waals surface area contributed by atoms with Gasteiger partial charge in [0.1, 0.15) is 0 Å². The van der Waals surface area contributed by atoms with Crippen molar-refractivity contribution in [2.45, 2.75) is 50.4 Å². The number of hydrogen-bond acceptors (Lipinski definition) is 2. The zero-order valence-corrected chi connectivity index (χ0v) is 34.0. The molecule has 1 atom stereocenters. The zero-order valence-electron chi connectivity index (χ0n) is 34.0. The van der Waals surface area contributed by atoms with Crippen molar-refractivity contribution in [3.63, 3.8) is 0 Å². The van der Waals surface area contributed by atoms with Crippen LogP contribution in [0.2, 0.25) is 0 Å². The quantitative estimate of drug-likeness (QED) is 0.167. The molecule has 0 fully saturated rings. The first-order valence-corrected chi connectivity index (χ1v) is 21.5. The molecule has 60 heavy (non-hydrogen) atoms. The standard InChI is InChI=1S/C58H44N2/c1-57(2)48-23-11-13-25-50(48)58(51-26-14-12-24-49(51)57)47-31-30-43(41-28-29-42-32-39-20-9-10-21-40(39)33-44(42)34-41)35-46(47)55-45(22-15-27-52(55)58)54-36-53(37-16-5-3-6-17-37)59-56(60-54)38-18-7-4-8-19-38/h3-5,7-11,13-16,18-23,25-36H,6,12,17,24H2,1-2H3. The van der Waals surface area contributed by atoms with E-state index in [-0.39, 0.29) is 5.41 Å². The van der Waals surface area contributed by atoms with Gasteiger partial charge in [-0.15, -0.1) is 0 Å². The topological polar surface area (TPSA) is 25.8 Å². The number of aromatic nitrogens is 2. The summed E-state index contributed by atoms with van der Waals surface area (Å²) in [6.07, 6.45) is 15.6. The van der Waals surface area contributed by atoms with Crippen molar-refractivity contribution in [3.05, 3.63) is 221 Å². The van der Waals surface area contributed by atoms with Crippen molar-refractivity contribution in [2.24, 2.45) is 0 Å². The molecule has 0 saturated carbocycles. The largest absolute Gasteiger partial charge is 0.228 e. The average molecular weight is 769 g/mol. The van der Waals surface area contributed by atoms with Crippen LogP contribution in [0.3, 0.4) is 0 Å². The number of rotatable bonds is 4. The van der Waals surface area contributed by atoms with Gasteiger partial charge in [-0.3, -0.25) is 0 Å². The van der Waals surface area contributed by atoms with Gasteiger partial charge in [0.25, 0.3) is 0 Å². The first-order valence-electron chi connectivity index (χ1n) is 21.5. The van der Waals surface area contributed by atoms with E-state index in [0.717, 1.165) is 54.0 Å². The molecule has 286 valence electrons. The molecule has 0 amide bonds. The van der Waals surface area contributed by atoms with Crippen molar-refractivity contribution < 1.29 is 0 Å². The van der Waals surface area contributed by atoms with Gasteiger partial charge in [-0.05, 0) is 133 Å². The van der Waals surface area contributed by atoms with Gasteiger partial charge in [0, 0.05) is 16.5 Å². The normalized spacial score (nSPS) is 18.3. The summed E-state index contributed by atoms with van der Waals surface area (Å²) in [5.41, 5.74) is 18.2. The van der Waals surface area contributed by atoms with Crippen molar-refractivity contribution in [2.75, 3.05) is 0 Å². The van der Waals surface area contributed by atoms with Crippen molar-refractivity contribution in [1.29, 1.82) is 0 Å². The Morgan fingerprint density at radius 3 is 2.02 bits per heavy atom. The van der Waals surface area contributed by atoms with Crippen molar-refractivity contribution >= 4 is 27.1 Å². The average Bonchev–Trinajstić information content (AvgIpc) is 3.61. The maximum Gasteiger partial charge on any atom is 0.160 e. The molecule has 7 aromatic carbocycles. The first kappa shape index (κ1) is 35.1. The van der Waals surface area contributed by atoms with E-state index < -0.39 is 5.41 Å². The van der Waals surface area contributed by atoms with E-state index in [9.17, 15) is 0 Å². The molecule has 0 bridgehead atoms. The molecule has 2 heteroatoms. The molecule has 0 N–H and O–H groups in total. The van der Waals surface area contributed by atoms with Gasteiger partial charge >= 0.3 is 0 Å². The molecule has 0 aliphatic heterocycles. The fraction of sp³-hybridized carbons (Fsp3) is 0.138. The van der Waals surface area contributed by atoms with Crippen LogP contribution in [0.25, 0.3) is 72.0 Å². The summed E-state index contributed by atoms with van der Waals surface area (Å²) in [5.74, 6) is 0.756. The molecule has 4 aliphatic carbocycles. The highest BCUT2D eigenvalue weighted by molar-refractivity contribution is 6.01. The van der Waals surface area contributed by atoms with E-state index in [4.69, 9.17) is 9.97 Å². The van der Waals surface area contributed by atoms with E-state index in [2.05, 4.69) is 196 Å². The van der Waals surface area contributed by atoms with Gasteiger partial charge < -0.3 is 0 Å². The Balaban J connectivity index is 1.16. The summed E-state index contributed by atoms with van der Waals surface area (Å²) >= 11 is 0. The molecular formula is C58H44N2. The second-order valence-electron chi connectivity index (χ2n) is 17.5. The van der Waals surface area contributed by atoms with Crippen LogP contribution in [0.5, 0.6) is 0 Å². The van der Waals surface area contributed by atoms with Crippen LogP contribution in [0, 0.1) is 0 Å². The summed E-state index contributed by atoms with van der Waals surface area (Å²) in [6, 6.07) is 56.6. The second-order valence-corrected chi connectivity index (χ2v) is 17.5. The summed E-state index contributed by atoms with van der Waals surface area (Å²) in [7, 11) is 0. The Morgan fingerprint density at radius 1 is 0.483 bits per heavy atom. The van der Waals surface area contributed by atoms with Gasteiger partial charge in [0.15, 0.2) is 5.82 Å². The predicted octanol–water partition coefficient (Wildman–Crippen LogP) is 14.8. The lowest BCUT2D eigenvalue weighted by molar-refractivity contribution is 0.524. The van der Waals surface area contributed by atoms with Crippen LogP contribution >= 0.6 is 0 Å². The first-order chi connectivity index (χ1) is 29.5. The van der Waals surface area contributed by atoms with Gasteiger partial charge in [-0.2, -0.15) is 0 Å². The molecule has 1 aromatic heterocycles. The Bertz CT molecular complexity index is 3230. The van der Waals surface area contributed by atoms with Gasteiger partial charge in [0.2, 0.25) is 0 Å². The SMILES string of the molecule is CC1(C)C2=C(C=CCC2)C2(c3ccc(-c4ccc5cc6ccccc6cc5c4)cc3-c3c(-c4cc(C5=CC=CCC5)nc(-c5ccccc5)n4)cccc32)c2ccccc21. The zero-order chi connectivity index (χ0) is 40.0. The Kier molecular flexibility index (Phi) is 7.78. The highest BCUT2D eigenvalue weighted by Crippen LogP contribution is 2.65. The van der Waals surface area contributed by atoms with Crippen LogP contribution < -0.4 is 0 Å². The predicted molar refractivity (Wildman–Crippen MR) is 250 cm³/mol. The highest BCUT2D eigenvalue weighted by atomic mass is 14.9. The van der Waals surface area contributed by atoms with E-state index in [1.807, 2.05) is 0 Å². The van der Waals surface area contributed by atoms with Crippen molar-refractivity contribution in [3.8, 4) is 44.9 Å². The molecular weight excluding hydrogens is 725 g/mol. The van der Waals surface area contributed by atoms with Gasteiger partial charge in [0.05, 0.1) is 16.8 Å². The molecule has 12 rings (SSSR count). The summed E-state index contributed by atoms with van der Waals surface area (Å²) in [6.45, 7) is 4.88. The number of fused-ring (bicyclic) bond motifs is 10. The third-order valence-corrected chi connectivity index (χ3v) is 13.9. The molecule has 0 saturated heterocycles. The smallest absolute Gasteiger partial charge is 0.160 e. The fourth-order valence-corrected chi connectivity index (χ4v) is 11.1. The molecule has 4 aliphatic rings. The molecule has 1 spiro atoms. The minimum Gasteiger partial charge on any atom is -0.228 e. The Labute approximate surface area is 352 Å². The van der Waals surface area contributed by atoms with Crippen LogP contribution in [0.1, 0.15) is 67.5 Å². The maximum absolute atomic E-state index is 5.46. The number of benzene rings is 7. The molecule has 1 heterocycles. The third-order valence-electron chi connectivity index (χ3n) is 13.9. The minimum absolute atomic E-state index is 0.0913. The number of hydrogen-bond donors (Lipinski definition) is 0.